The molecule has 0 N–H and O–H groups in total. The quantitative estimate of drug-likeness (QED) is 0.366. The Hall–Kier alpha value is -4.40. The smallest absolute Gasteiger partial charge is 0.358 e. The molecule has 0 unspecified atom stereocenters. The SMILES string of the molecule is CCOC(=O)c1cc(-c2ccc(N3CCN(C(=O)c4cc(C)oc4C)CC3)cc2)n(-c2ccccn2)n1. The number of piperazine rings is 1. The lowest BCUT2D eigenvalue weighted by molar-refractivity contribution is 0.0518. The van der Waals surface area contributed by atoms with Crippen molar-refractivity contribution in [3.8, 4) is 17.1 Å². The third kappa shape index (κ3) is 4.97. The highest BCUT2D eigenvalue weighted by Crippen LogP contribution is 2.27. The molecule has 1 aliphatic heterocycles. The Bertz CT molecular complexity index is 1400. The van der Waals surface area contributed by atoms with Crippen LogP contribution in [0.3, 0.4) is 0 Å². The summed E-state index contributed by atoms with van der Waals surface area (Å²) in [6.45, 7) is 8.47. The Morgan fingerprint density at radius 3 is 2.38 bits per heavy atom. The number of carbonyl (C=O) groups is 2. The van der Waals surface area contributed by atoms with E-state index >= 15 is 0 Å². The van der Waals surface area contributed by atoms with E-state index in [0.717, 1.165) is 35.8 Å². The second-order valence-electron chi connectivity index (χ2n) is 8.89. The summed E-state index contributed by atoms with van der Waals surface area (Å²) in [5.41, 5.74) is 3.59. The van der Waals surface area contributed by atoms with Crippen molar-refractivity contribution in [2.45, 2.75) is 20.8 Å². The van der Waals surface area contributed by atoms with Crippen molar-refractivity contribution in [3.05, 3.63) is 83.6 Å². The van der Waals surface area contributed by atoms with Crippen LogP contribution in [-0.2, 0) is 4.74 Å². The van der Waals surface area contributed by atoms with Gasteiger partial charge in [0.2, 0.25) is 0 Å². The summed E-state index contributed by atoms with van der Waals surface area (Å²) in [5, 5.41) is 4.47. The van der Waals surface area contributed by atoms with Crippen LogP contribution in [0.2, 0.25) is 0 Å². The number of ether oxygens (including phenoxy) is 1. The zero-order chi connectivity index (χ0) is 25.9. The first kappa shape index (κ1) is 24.3. The van der Waals surface area contributed by atoms with Gasteiger partial charge in [-0.25, -0.2) is 14.5 Å². The molecule has 37 heavy (non-hydrogen) atoms. The van der Waals surface area contributed by atoms with Gasteiger partial charge in [-0.2, -0.15) is 5.10 Å². The summed E-state index contributed by atoms with van der Waals surface area (Å²) in [6, 6.07) is 17.2. The molecule has 0 aliphatic carbocycles. The molecule has 5 rings (SSSR count). The number of nitrogens with zero attached hydrogens (tertiary/aromatic N) is 5. The maximum atomic E-state index is 12.9. The highest BCUT2D eigenvalue weighted by atomic mass is 16.5. The van der Waals surface area contributed by atoms with Gasteiger partial charge in [-0.15, -0.1) is 0 Å². The van der Waals surface area contributed by atoms with Gasteiger partial charge in [0, 0.05) is 43.6 Å². The number of amides is 1. The molecule has 0 bridgehead atoms. The first-order chi connectivity index (χ1) is 17.9. The fraction of sp³-hybridized carbons (Fsp3) is 0.286. The van der Waals surface area contributed by atoms with Crippen molar-refractivity contribution < 1.29 is 18.7 Å². The Morgan fingerprint density at radius 1 is 1.00 bits per heavy atom. The van der Waals surface area contributed by atoms with Crippen LogP contribution in [0.5, 0.6) is 0 Å². The second-order valence-corrected chi connectivity index (χ2v) is 8.89. The van der Waals surface area contributed by atoms with Crippen LogP contribution in [0, 0.1) is 13.8 Å². The Morgan fingerprint density at radius 2 is 1.76 bits per heavy atom. The number of furan rings is 1. The molecule has 9 heteroatoms. The summed E-state index contributed by atoms with van der Waals surface area (Å²) in [7, 11) is 0. The number of pyridine rings is 1. The van der Waals surface area contributed by atoms with Crippen molar-refractivity contribution >= 4 is 17.6 Å². The molecule has 1 amide bonds. The number of aryl methyl sites for hydroxylation is 2. The minimum Gasteiger partial charge on any atom is -0.466 e. The lowest BCUT2D eigenvalue weighted by Gasteiger charge is -2.36. The van der Waals surface area contributed by atoms with Crippen LogP contribution in [0.15, 0.2) is 65.2 Å². The minimum absolute atomic E-state index is 0.0181. The molecule has 0 saturated carbocycles. The largest absolute Gasteiger partial charge is 0.466 e. The van der Waals surface area contributed by atoms with E-state index in [-0.39, 0.29) is 18.2 Å². The average Bonchev–Trinajstić information content (AvgIpc) is 3.52. The molecular formula is C28H29N5O4. The van der Waals surface area contributed by atoms with E-state index in [4.69, 9.17) is 9.15 Å². The summed E-state index contributed by atoms with van der Waals surface area (Å²) >= 11 is 0. The van der Waals surface area contributed by atoms with Gasteiger partial charge in [0.15, 0.2) is 11.5 Å². The van der Waals surface area contributed by atoms with Gasteiger partial charge in [0.05, 0.1) is 17.9 Å². The van der Waals surface area contributed by atoms with E-state index < -0.39 is 5.97 Å². The van der Waals surface area contributed by atoms with E-state index in [0.29, 0.717) is 30.2 Å². The fourth-order valence-corrected chi connectivity index (χ4v) is 4.57. The van der Waals surface area contributed by atoms with E-state index in [1.54, 1.807) is 23.9 Å². The van der Waals surface area contributed by atoms with Gasteiger partial charge in [0.25, 0.3) is 5.91 Å². The molecule has 190 valence electrons. The van der Waals surface area contributed by atoms with Crippen molar-refractivity contribution in [2.24, 2.45) is 0 Å². The Labute approximate surface area is 215 Å². The fourth-order valence-electron chi connectivity index (χ4n) is 4.57. The summed E-state index contributed by atoms with van der Waals surface area (Å²) in [4.78, 5) is 33.8. The topological polar surface area (TPSA) is 93.7 Å². The molecule has 0 spiro atoms. The number of hydrogen-bond donors (Lipinski definition) is 0. The third-order valence-corrected chi connectivity index (χ3v) is 6.43. The minimum atomic E-state index is -0.469. The van der Waals surface area contributed by atoms with E-state index in [9.17, 15) is 9.59 Å². The van der Waals surface area contributed by atoms with Crippen LogP contribution >= 0.6 is 0 Å². The lowest BCUT2D eigenvalue weighted by Crippen LogP contribution is -2.48. The van der Waals surface area contributed by atoms with Crippen molar-refractivity contribution in [2.75, 3.05) is 37.7 Å². The molecule has 0 radical (unpaired) electrons. The number of rotatable bonds is 6. The van der Waals surface area contributed by atoms with Gasteiger partial charge < -0.3 is 19.0 Å². The molecule has 4 aromatic rings. The second kappa shape index (κ2) is 10.3. The van der Waals surface area contributed by atoms with E-state index in [1.807, 2.05) is 55.1 Å². The molecule has 1 fully saturated rings. The number of benzene rings is 1. The highest BCUT2D eigenvalue weighted by Gasteiger charge is 2.25. The van der Waals surface area contributed by atoms with Crippen molar-refractivity contribution in [3.63, 3.8) is 0 Å². The molecule has 1 aliphatic rings. The predicted molar refractivity (Wildman–Crippen MR) is 139 cm³/mol. The number of carbonyl (C=O) groups excluding carboxylic acids is 2. The van der Waals surface area contributed by atoms with E-state index in [2.05, 4.69) is 27.1 Å². The maximum absolute atomic E-state index is 12.9. The molecule has 9 nitrogen and oxygen atoms in total. The number of anilines is 1. The van der Waals surface area contributed by atoms with Crippen LogP contribution in [-0.4, -0.2) is 64.3 Å². The summed E-state index contributed by atoms with van der Waals surface area (Å²) < 4.78 is 12.3. The summed E-state index contributed by atoms with van der Waals surface area (Å²) in [6.07, 6.45) is 1.69. The monoisotopic (exact) mass is 499 g/mol. The van der Waals surface area contributed by atoms with Crippen molar-refractivity contribution in [1.29, 1.82) is 0 Å². The standard InChI is InChI=1S/C28H29N5O4/c1-4-36-28(35)24-18-25(33(30-24)26-7-5-6-12-29-26)21-8-10-22(11-9-21)31-13-15-32(16-14-31)27(34)23-17-19(2)37-20(23)3/h5-12,17-18H,4,13-16H2,1-3H3. The third-order valence-electron chi connectivity index (χ3n) is 6.43. The molecule has 4 heterocycles. The van der Waals surface area contributed by atoms with Gasteiger partial charge in [-0.05, 0) is 57.2 Å². The van der Waals surface area contributed by atoms with Gasteiger partial charge >= 0.3 is 5.97 Å². The zero-order valence-electron chi connectivity index (χ0n) is 21.2. The molecule has 1 aromatic carbocycles. The van der Waals surface area contributed by atoms with Crippen LogP contribution < -0.4 is 4.90 Å². The number of hydrogen-bond acceptors (Lipinski definition) is 7. The van der Waals surface area contributed by atoms with Crippen LogP contribution in [0.4, 0.5) is 5.69 Å². The van der Waals surface area contributed by atoms with E-state index in [1.165, 1.54) is 0 Å². The predicted octanol–water partition coefficient (Wildman–Crippen LogP) is 4.28. The molecular weight excluding hydrogens is 470 g/mol. The maximum Gasteiger partial charge on any atom is 0.358 e. The van der Waals surface area contributed by atoms with Crippen LogP contribution in [0.25, 0.3) is 17.1 Å². The van der Waals surface area contributed by atoms with Gasteiger partial charge in [-0.3, -0.25) is 4.79 Å². The molecule has 3 aromatic heterocycles. The van der Waals surface area contributed by atoms with Crippen molar-refractivity contribution in [1.82, 2.24) is 19.7 Å². The summed E-state index contributed by atoms with van der Waals surface area (Å²) in [5.74, 6) is 1.57. The lowest BCUT2D eigenvalue weighted by atomic mass is 10.1. The molecule has 1 saturated heterocycles. The van der Waals surface area contributed by atoms with Gasteiger partial charge in [0.1, 0.15) is 11.5 Å². The number of aromatic nitrogens is 3. The first-order valence-electron chi connectivity index (χ1n) is 12.3. The Balaban J connectivity index is 1.33. The normalized spacial score (nSPS) is 13.6. The van der Waals surface area contributed by atoms with Crippen LogP contribution in [0.1, 0.15) is 39.3 Å². The zero-order valence-corrected chi connectivity index (χ0v) is 21.2. The average molecular weight is 500 g/mol. The molecule has 0 atom stereocenters. The first-order valence-corrected chi connectivity index (χ1v) is 12.3. The highest BCUT2D eigenvalue weighted by molar-refractivity contribution is 5.95. The van der Waals surface area contributed by atoms with Gasteiger partial charge in [-0.1, -0.05) is 18.2 Å². The Kier molecular flexibility index (Phi) is 6.76. The number of esters is 1.